The molecule has 0 radical (unpaired) electrons. The Balaban J connectivity index is 2.71. The number of anilines is 1. The van der Waals surface area contributed by atoms with Gasteiger partial charge >= 0.3 is 0 Å². The lowest BCUT2D eigenvalue weighted by molar-refractivity contribution is 0.208. The monoisotopic (exact) mass is 178 g/mol. The summed E-state index contributed by atoms with van der Waals surface area (Å²) < 4.78 is 0. The first-order chi connectivity index (χ1) is 6.24. The molecule has 0 saturated carbocycles. The summed E-state index contributed by atoms with van der Waals surface area (Å²) >= 11 is 0. The molecule has 0 aliphatic heterocycles. The average molecular weight is 178 g/mol. The molecule has 0 aliphatic carbocycles. The Morgan fingerprint density at radius 1 is 1.62 bits per heavy atom. The molecule has 1 heterocycles. The van der Waals surface area contributed by atoms with E-state index in [0.717, 1.165) is 0 Å². The lowest BCUT2D eigenvalue weighted by Crippen LogP contribution is -2.17. The largest absolute Gasteiger partial charge is 0.392 e. The summed E-state index contributed by atoms with van der Waals surface area (Å²) in [4.78, 5) is 7.72. The molecular formula is C8H10N4O. The van der Waals surface area contributed by atoms with Gasteiger partial charge in [0, 0.05) is 18.9 Å². The van der Waals surface area contributed by atoms with Crippen molar-refractivity contribution < 1.29 is 5.11 Å². The minimum absolute atomic E-state index is 0.239. The lowest BCUT2D eigenvalue weighted by atomic mass is 10.4. The van der Waals surface area contributed by atoms with Crippen molar-refractivity contribution in [3.63, 3.8) is 0 Å². The van der Waals surface area contributed by atoms with Crippen LogP contribution in [-0.2, 0) is 0 Å². The van der Waals surface area contributed by atoms with Crippen molar-refractivity contribution >= 4 is 5.82 Å². The van der Waals surface area contributed by atoms with Gasteiger partial charge in [-0.15, -0.1) is 0 Å². The quantitative estimate of drug-likeness (QED) is 0.688. The highest BCUT2D eigenvalue weighted by atomic mass is 16.3. The van der Waals surface area contributed by atoms with E-state index in [1.807, 2.05) is 6.07 Å². The van der Waals surface area contributed by atoms with Gasteiger partial charge in [0.25, 0.3) is 0 Å². The summed E-state index contributed by atoms with van der Waals surface area (Å²) in [6.45, 7) is 2.00. The van der Waals surface area contributed by atoms with E-state index in [1.54, 1.807) is 6.92 Å². The maximum Gasteiger partial charge on any atom is 0.182 e. The maximum absolute atomic E-state index is 8.98. The first kappa shape index (κ1) is 9.42. The van der Waals surface area contributed by atoms with Crippen molar-refractivity contribution in [1.82, 2.24) is 9.97 Å². The van der Waals surface area contributed by atoms with E-state index in [9.17, 15) is 0 Å². The molecule has 5 heteroatoms. The van der Waals surface area contributed by atoms with Crippen molar-refractivity contribution in [3.8, 4) is 6.07 Å². The molecular weight excluding hydrogens is 168 g/mol. The number of aliphatic hydroxyl groups excluding tert-OH is 1. The smallest absolute Gasteiger partial charge is 0.182 e. The number of nitrogens with one attached hydrogen (secondary N) is 1. The molecule has 0 saturated heterocycles. The fraction of sp³-hybridized carbons (Fsp3) is 0.375. The number of hydrogen-bond acceptors (Lipinski definition) is 5. The second kappa shape index (κ2) is 4.38. The van der Waals surface area contributed by atoms with Gasteiger partial charge in [-0.05, 0) is 6.92 Å². The zero-order valence-electron chi connectivity index (χ0n) is 7.23. The number of aliphatic hydroxyl groups is 1. The molecule has 1 aromatic rings. The molecule has 0 aromatic carbocycles. The van der Waals surface area contributed by atoms with Gasteiger partial charge in [0.2, 0.25) is 0 Å². The Morgan fingerprint density at radius 2 is 2.31 bits per heavy atom. The summed E-state index contributed by atoms with van der Waals surface area (Å²) in [7, 11) is 0. The Labute approximate surface area is 76.1 Å². The van der Waals surface area contributed by atoms with Crippen LogP contribution in [-0.4, -0.2) is 27.7 Å². The molecule has 0 spiro atoms. The van der Waals surface area contributed by atoms with Gasteiger partial charge in [-0.1, -0.05) is 0 Å². The van der Waals surface area contributed by atoms with E-state index < -0.39 is 6.10 Å². The van der Waals surface area contributed by atoms with E-state index in [4.69, 9.17) is 10.4 Å². The Hall–Kier alpha value is -1.67. The summed E-state index contributed by atoms with van der Waals surface area (Å²) in [6, 6.07) is 1.90. The summed E-state index contributed by atoms with van der Waals surface area (Å²) in [5.41, 5.74) is 0.239. The lowest BCUT2D eigenvalue weighted by Gasteiger charge is -2.07. The Bertz CT molecular complexity index is 318. The van der Waals surface area contributed by atoms with Crippen molar-refractivity contribution in [2.45, 2.75) is 13.0 Å². The molecule has 68 valence electrons. The number of aromatic nitrogens is 2. The summed E-state index contributed by atoms with van der Waals surface area (Å²) in [5, 5.41) is 20.4. The third-order valence-electron chi connectivity index (χ3n) is 1.37. The van der Waals surface area contributed by atoms with Crippen LogP contribution in [0.4, 0.5) is 5.82 Å². The Kier molecular flexibility index (Phi) is 3.17. The first-order valence-corrected chi connectivity index (χ1v) is 3.87. The van der Waals surface area contributed by atoms with E-state index in [0.29, 0.717) is 12.4 Å². The fourth-order valence-electron chi connectivity index (χ4n) is 0.794. The van der Waals surface area contributed by atoms with Crippen LogP contribution in [0.5, 0.6) is 0 Å². The van der Waals surface area contributed by atoms with Gasteiger partial charge in [-0.2, -0.15) is 5.26 Å². The topological polar surface area (TPSA) is 81.8 Å². The van der Waals surface area contributed by atoms with Crippen molar-refractivity contribution in [1.29, 1.82) is 5.26 Å². The van der Waals surface area contributed by atoms with Crippen LogP contribution in [0, 0.1) is 11.3 Å². The van der Waals surface area contributed by atoms with E-state index in [-0.39, 0.29) is 5.69 Å². The zero-order valence-corrected chi connectivity index (χ0v) is 7.23. The molecule has 0 amide bonds. The van der Waals surface area contributed by atoms with Gasteiger partial charge in [0.15, 0.2) is 11.5 Å². The average Bonchev–Trinajstić information content (AvgIpc) is 2.15. The van der Waals surface area contributed by atoms with Crippen LogP contribution in [0.25, 0.3) is 0 Å². The molecule has 1 aromatic heterocycles. The second-order valence-corrected chi connectivity index (χ2v) is 2.60. The number of hydrogen-bond donors (Lipinski definition) is 2. The number of nitrogens with zero attached hydrogens (tertiary/aromatic N) is 3. The molecule has 1 atom stereocenters. The SMILES string of the molecule is C[C@H](O)CNc1nccnc1C#N. The van der Waals surface area contributed by atoms with Crippen LogP contribution in [0.15, 0.2) is 12.4 Å². The third-order valence-corrected chi connectivity index (χ3v) is 1.37. The van der Waals surface area contributed by atoms with Crippen LogP contribution in [0.2, 0.25) is 0 Å². The molecule has 0 fully saturated rings. The number of nitriles is 1. The van der Waals surface area contributed by atoms with E-state index in [1.165, 1.54) is 12.4 Å². The van der Waals surface area contributed by atoms with E-state index >= 15 is 0 Å². The predicted molar refractivity (Wildman–Crippen MR) is 46.9 cm³/mol. The van der Waals surface area contributed by atoms with Gasteiger partial charge in [0.1, 0.15) is 6.07 Å². The highest BCUT2D eigenvalue weighted by molar-refractivity contribution is 5.46. The number of rotatable bonds is 3. The fourth-order valence-corrected chi connectivity index (χ4v) is 0.794. The van der Waals surface area contributed by atoms with Gasteiger partial charge < -0.3 is 10.4 Å². The predicted octanol–water partition coefficient (Wildman–Crippen LogP) is 0.141. The molecule has 1 rings (SSSR count). The maximum atomic E-state index is 8.98. The van der Waals surface area contributed by atoms with Gasteiger partial charge in [-0.3, -0.25) is 0 Å². The van der Waals surface area contributed by atoms with E-state index in [2.05, 4.69) is 15.3 Å². The van der Waals surface area contributed by atoms with Crippen LogP contribution < -0.4 is 5.32 Å². The highest BCUT2D eigenvalue weighted by Gasteiger charge is 2.03. The van der Waals surface area contributed by atoms with Gasteiger partial charge in [-0.25, -0.2) is 9.97 Å². The third kappa shape index (κ3) is 2.69. The van der Waals surface area contributed by atoms with Crippen molar-refractivity contribution in [2.24, 2.45) is 0 Å². The molecule has 0 unspecified atom stereocenters. The van der Waals surface area contributed by atoms with Crippen molar-refractivity contribution in [2.75, 3.05) is 11.9 Å². The molecule has 2 N–H and O–H groups in total. The van der Waals surface area contributed by atoms with Crippen LogP contribution in [0.3, 0.4) is 0 Å². The molecule has 0 aliphatic rings. The minimum atomic E-state index is -0.478. The highest BCUT2D eigenvalue weighted by Crippen LogP contribution is 2.05. The van der Waals surface area contributed by atoms with Crippen LogP contribution in [0.1, 0.15) is 12.6 Å². The summed E-state index contributed by atoms with van der Waals surface area (Å²) in [5.74, 6) is 0.408. The van der Waals surface area contributed by atoms with Gasteiger partial charge in [0.05, 0.1) is 6.10 Å². The molecule has 0 bridgehead atoms. The van der Waals surface area contributed by atoms with Crippen molar-refractivity contribution in [3.05, 3.63) is 18.1 Å². The minimum Gasteiger partial charge on any atom is -0.392 e. The normalized spacial score (nSPS) is 11.8. The van der Waals surface area contributed by atoms with Crippen LogP contribution >= 0.6 is 0 Å². The molecule has 13 heavy (non-hydrogen) atoms. The second-order valence-electron chi connectivity index (χ2n) is 2.60. The zero-order chi connectivity index (χ0) is 9.68. The Morgan fingerprint density at radius 3 is 2.92 bits per heavy atom. The summed E-state index contributed by atoms with van der Waals surface area (Å²) in [6.07, 6.45) is 2.46. The standard InChI is InChI=1S/C8H10N4O/c1-6(13)5-12-8-7(4-9)10-2-3-11-8/h2-3,6,13H,5H2,1H3,(H,11,12)/t6-/m0/s1. The molecule has 5 nitrogen and oxygen atoms in total. The first-order valence-electron chi connectivity index (χ1n) is 3.87.